The predicted octanol–water partition coefficient (Wildman–Crippen LogP) is 0.966. The van der Waals surface area contributed by atoms with Crippen molar-refractivity contribution in [2.75, 3.05) is 45.4 Å². The topological polar surface area (TPSA) is 27.7 Å². The summed E-state index contributed by atoms with van der Waals surface area (Å²) in [6.45, 7) is 3.58. The fourth-order valence-electron chi connectivity index (χ4n) is 0.636. The van der Waals surface area contributed by atoms with Gasteiger partial charge in [-0.2, -0.15) is 12.6 Å². The van der Waals surface area contributed by atoms with E-state index in [2.05, 4.69) is 24.8 Å². The lowest BCUT2D eigenvalue weighted by atomic mass is 10.7. The molecule has 0 saturated heterocycles. The monoisotopic (exact) mass is 224 g/mol. The van der Waals surface area contributed by atoms with Crippen LogP contribution in [0.25, 0.3) is 0 Å². The predicted molar refractivity (Wildman–Crippen MR) is 60.0 cm³/mol. The lowest BCUT2D eigenvalue weighted by Gasteiger charge is -2.04. The van der Waals surface area contributed by atoms with E-state index in [9.17, 15) is 0 Å². The molecule has 0 fully saturated rings. The molecule has 3 nitrogen and oxygen atoms in total. The van der Waals surface area contributed by atoms with Gasteiger partial charge in [-0.15, -0.1) is 0 Å². The van der Waals surface area contributed by atoms with Gasteiger partial charge in [-0.05, 0) is 0 Å². The standard InChI is InChI=1S/C8H16O3S2/c12-7-5-10-3-1-9-2-4-11-6-8-13/h7,13H,1-6,8H2. The van der Waals surface area contributed by atoms with Crippen LogP contribution in [0, 0.1) is 0 Å². The smallest absolute Gasteiger partial charge is 0.0750 e. The van der Waals surface area contributed by atoms with Gasteiger partial charge in [0.05, 0.1) is 39.6 Å². The van der Waals surface area contributed by atoms with Crippen molar-refractivity contribution in [1.29, 1.82) is 0 Å². The van der Waals surface area contributed by atoms with Crippen molar-refractivity contribution < 1.29 is 14.2 Å². The first-order valence-electron chi connectivity index (χ1n) is 4.19. The van der Waals surface area contributed by atoms with Crippen molar-refractivity contribution in [1.82, 2.24) is 0 Å². The van der Waals surface area contributed by atoms with Gasteiger partial charge in [-0.1, -0.05) is 12.2 Å². The fraction of sp³-hybridized carbons (Fsp3) is 0.875. The number of rotatable bonds is 10. The van der Waals surface area contributed by atoms with Crippen LogP contribution in [0.2, 0.25) is 0 Å². The van der Waals surface area contributed by atoms with Gasteiger partial charge in [0, 0.05) is 11.1 Å². The van der Waals surface area contributed by atoms with Gasteiger partial charge in [0.15, 0.2) is 0 Å². The Morgan fingerprint density at radius 3 is 2.00 bits per heavy atom. The van der Waals surface area contributed by atoms with Gasteiger partial charge in [0.1, 0.15) is 0 Å². The highest BCUT2D eigenvalue weighted by atomic mass is 32.1. The summed E-state index contributed by atoms with van der Waals surface area (Å²) in [5.41, 5.74) is 0. The minimum atomic E-state index is 0.509. The van der Waals surface area contributed by atoms with E-state index in [0.717, 1.165) is 5.75 Å². The maximum absolute atomic E-state index is 5.20. The maximum Gasteiger partial charge on any atom is 0.0750 e. The summed E-state index contributed by atoms with van der Waals surface area (Å²) in [5, 5.41) is 1.55. The highest BCUT2D eigenvalue weighted by molar-refractivity contribution is 7.80. The lowest BCUT2D eigenvalue weighted by molar-refractivity contribution is 0.0250. The van der Waals surface area contributed by atoms with Crippen LogP contribution in [0.1, 0.15) is 0 Å². The molecule has 5 heteroatoms. The molecule has 0 aromatic carbocycles. The summed E-state index contributed by atoms with van der Waals surface area (Å²) >= 11 is 8.59. The van der Waals surface area contributed by atoms with Gasteiger partial charge in [-0.25, -0.2) is 0 Å². The molecule has 0 N–H and O–H groups in total. The third-order valence-corrected chi connectivity index (χ3v) is 1.48. The lowest BCUT2D eigenvalue weighted by Crippen LogP contribution is -2.10. The molecule has 0 unspecified atom stereocenters. The van der Waals surface area contributed by atoms with Crippen molar-refractivity contribution in [3.8, 4) is 0 Å². The number of thiol groups is 1. The Morgan fingerprint density at radius 1 is 0.923 bits per heavy atom. The summed E-state index contributed by atoms with van der Waals surface area (Å²) in [4.78, 5) is 0. The Balaban J connectivity index is 2.79. The number of hydrogen-bond acceptors (Lipinski definition) is 5. The Morgan fingerprint density at radius 2 is 1.46 bits per heavy atom. The highest BCUT2D eigenvalue weighted by Gasteiger charge is 1.89. The summed E-state index contributed by atoms with van der Waals surface area (Å²) in [6, 6.07) is 0. The third-order valence-electron chi connectivity index (χ3n) is 1.17. The normalized spacial score (nSPS) is 10.2. The second-order valence-electron chi connectivity index (χ2n) is 2.19. The molecule has 0 aromatic heterocycles. The molecule has 13 heavy (non-hydrogen) atoms. The molecule has 0 bridgehead atoms. The van der Waals surface area contributed by atoms with Crippen LogP contribution in [0.4, 0.5) is 0 Å². The molecule has 0 saturated carbocycles. The van der Waals surface area contributed by atoms with E-state index in [4.69, 9.17) is 14.2 Å². The zero-order valence-corrected chi connectivity index (χ0v) is 9.32. The zero-order chi connectivity index (χ0) is 9.78. The van der Waals surface area contributed by atoms with Crippen LogP contribution in [-0.2, 0) is 14.2 Å². The molecule has 0 aromatic rings. The SMILES string of the molecule is S=CCOCCOCCOCCS. The maximum atomic E-state index is 5.20. The largest absolute Gasteiger partial charge is 0.378 e. The molecule has 0 heterocycles. The Bertz CT molecular complexity index is 112. The molecule has 0 aliphatic rings. The molecule has 0 aliphatic heterocycles. The van der Waals surface area contributed by atoms with Crippen LogP contribution in [0.15, 0.2) is 0 Å². The van der Waals surface area contributed by atoms with E-state index in [1.165, 1.54) is 0 Å². The van der Waals surface area contributed by atoms with E-state index in [1.807, 2.05) is 0 Å². The Labute approximate surface area is 90.1 Å². The van der Waals surface area contributed by atoms with E-state index in [-0.39, 0.29) is 0 Å². The molecule has 0 aliphatic carbocycles. The van der Waals surface area contributed by atoms with E-state index >= 15 is 0 Å². The van der Waals surface area contributed by atoms with Crippen molar-refractivity contribution in [2.45, 2.75) is 0 Å². The van der Waals surface area contributed by atoms with Crippen molar-refractivity contribution >= 4 is 30.2 Å². The summed E-state index contributed by atoms with van der Waals surface area (Å²) in [6.07, 6.45) is 0. The Hall–Kier alpha value is 0.320. The van der Waals surface area contributed by atoms with Gasteiger partial charge in [-0.3, -0.25) is 0 Å². The molecule has 78 valence electrons. The van der Waals surface area contributed by atoms with Crippen LogP contribution in [0.5, 0.6) is 0 Å². The molecule has 0 spiro atoms. The van der Waals surface area contributed by atoms with E-state index in [0.29, 0.717) is 39.6 Å². The molecule has 0 amide bonds. The van der Waals surface area contributed by atoms with Gasteiger partial charge < -0.3 is 14.2 Å². The fourth-order valence-corrected chi connectivity index (χ4v) is 0.861. The third kappa shape index (κ3) is 12.3. The van der Waals surface area contributed by atoms with Crippen molar-refractivity contribution in [2.24, 2.45) is 0 Å². The first-order chi connectivity index (χ1) is 6.41. The quantitative estimate of drug-likeness (QED) is 0.340. The average Bonchev–Trinajstić information content (AvgIpc) is 2.16. The second-order valence-corrected chi connectivity index (χ2v) is 2.97. The minimum absolute atomic E-state index is 0.509. The first kappa shape index (κ1) is 13.3. The summed E-state index contributed by atoms with van der Waals surface area (Å²) in [5.74, 6) is 0.748. The van der Waals surface area contributed by atoms with E-state index < -0.39 is 0 Å². The van der Waals surface area contributed by atoms with Gasteiger partial charge >= 0.3 is 0 Å². The molecular weight excluding hydrogens is 208 g/mol. The molecule has 0 radical (unpaired) electrons. The first-order valence-corrected chi connectivity index (χ1v) is 5.30. The average molecular weight is 224 g/mol. The van der Waals surface area contributed by atoms with Crippen LogP contribution >= 0.6 is 24.8 Å². The Kier molecular flexibility index (Phi) is 12.6. The molecule has 0 atom stereocenters. The van der Waals surface area contributed by atoms with Crippen molar-refractivity contribution in [3.63, 3.8) is 0 Å². The summed E-state index contributed by atoms with van der Waals surface area (Å²) < 4.78 is 15.4. The number of ether oxygens (including phenoxy) is 3. The van der Waals surface area contributed by atoms with Crippen LogP contribution in [-0.4, -0.2) is 50.8 Å². The van der Waals surface area contributed by atoms with E-state index in [1.54, 1.807) is 5.37 Å². The zero-order valence-electron chi connectivity index (χ0n) is 7.61. The number of hydrogen-bond donors (Lipinski definition) is 1. The van der Waals surface area contributed by atoms with Crippen LogP contribution < -0.4 is 0 Å². The molecule has 0 rings (SSSR count). The highest BCUT2D eigenvalue weighted by Crippen LogP contribution is 1.81. The summed E-state index contributed by atoms with van der Waals surface area (Å²) in [7, 11) is 0. The minimum Gasteiger partial charge on any atom is -0.378 e. The van der Waals surface area contributed by atoms with Crippen LogP contribution in [0.3, 0.4) is 0 Å². The molecular formula is C8H16O3S2. The van der Waals surface area contributed by atoms with Gasteiger partial charge in [0.2, 0.25) is 0 Å². The number of thiocarbonyl (C=S) groups is 1. The van der Waals surface area contributed by atoms with Crippen molar-refractivity contribution in [3.05, 3.63) is 0 Å². The van der Waals surface area contributed by atoms with Gasteiger partial charge in [0.25, 0.3) is 0 Å². The second kappa shape index (κ2) is 12.3.